The van der Waals surface area contributed by atoms with E-state index in [2.05, 4.69) is 14.9 Å². The number of hydrogen-bond acceptors (Lipinski definition) is 3. The molecule has 1 aliphatic rings. The van der Waals surface area contributed by atoms with Gasteiger partial charge in [0.1, 0.15) is 0 Å². The van der Waals surface area contributed by atoms with Gasteiger partial charge in [0.15, 0.2) is 5.96 Å². The van der Waals surface area contributed by atoms with Gasteiger partial charge in [0, 0.05) is 18.0 Å². The van der Waals surface area contributed by atoms with Crippen LogP contribution >= 0.6 is 11.3 Å². The summed E-state index contributed by atoms with van der Waals surface area (Å²) in [5.74, 6) is 0.688. The van der Waals surface area contributed by atoms with Gasteiger partial charge in [-0.3, -0.25) is 0 Å². The second kappa shape index (κ2) is 5.30. The highest BCUT2D eigenvalue weighted by Gasteiger charge is 2.11. The number of aliphatic imine (C=N–C) groups is 1. The first-order chi connectivity index (χ1) is 7.77. The largest absolute Gasteiger partial charge is 0.370 e. The van der Waals surface area contributed by atoms with Crippen molar-refractivity contribution in [2.45, 2.75) is 32.7 Å². The van der Waals surface area contributed by atoms with Crippen LogP contribution in [0.2, 0.25) is 0 Å². The molecule has 4 nitrogen and oxygen atoms in total. The van der Waals surface area contributed by atoms with Gasteiger partial charge in [-0.15, -0.1) is 11.3 Å². The van der Waals surface area contributed by atoms with Crippen LogP contribution in [0.1, 0.15) is 29.8 Å². The van der Waals surface area contributed by atoms with E-state index in [-0.39, 0.29) is 0 Å². The van der Waals surface area contributed by atoms with Gasteiger partial charge >= 0.3 is 0 Å². The molecule has 1 saturated heterocycles. The standard InChI is InChI=1S/C11H18N4S/c1-9-10(16-8-14-9)7-13-11(12)15-5-3-2-4-6-15/h8H,2-7H2,1H3,(H2,12,13). The summed E-state index contributed by atoms with van der Waals surface area (Å²) < 4.78 is 0. The molecular weight excluding hydrogens is 220 g/mol. The molecule has 2 heterocycles. The number of likely N-dealkylation sites (tertiary alicyclic amines) is 1. The minimum atomic E-state index is 0.666. The lowest BCUT2D eigenvalue weighted by Crippen LogP contribution is -2.40. The van der Waals surface area contributed by atoms with E-state index in [4.69, 9.17) is 5.73 Å². The van der Waals surface area contributed by atoms with Crippen molar-refractivity contribution in [3.63, 3.8) is 0 Å². The molecule has 1 fully saturated rings. The lowest BCUT2D eigenvalue weighted by atomic mass is 10.1. The Bertz CT molecular complexity index is 366. The van der Waals surface area contributed by atoms with Crippen LogP contribution < -0.4 is 5.73 Å². The molecule has 0 bridgehead atoms. The minimum absolute atomic E-state index is 0.666. The van der Waals surface area contributed by atoms with Crippen molar-refractivity contribution in [1.29, 1.82) is 0 Å². The summed E-state index contributed by atoms with van der Waals surface area (Å²) in [6, 6.07) is 0. The quantitative estimate of drug-likeness (QED) is 0.631. The molecule has 0 radical (unpaired) electrons. The summed E-state index contributed by atoms with van der Waals surface area (Å²) in [6.45, 7) is 4.78. The molecule has 0 amide bonds. The van der Waals surface area contributed by atoms with Crippen LogP contribution in [0, 0.1) is 6.92 Å². The Morgan fingerprint density at radius 1 is 1.50 bits per heavy atom. The Labute approximate surface area is 100 Å². The van der Waals surface area contributed by atoms with E-state index in [0.717, 1.165) is 18.8 Å². The van der Waals surface area contributed by atoms with Crippen LogP contribution in [0.4, 0.5) is 0 Å². The Morgan fingerprint density at radius 3 is 2.88 bits per heavy atom. The van der Waals surface area contributed by atoms with E-state index in [9.17, 15) is 0 Å². The lowest BCUT2D eigenvalue weighted by molar-refractivity contribution is 0.338. The summed E-state index contributed by atoms with van der Waals surface area (Å²) in [6.07, 6.45) is 3.78. The monoisotopic (exact) mass is 238 g/mol. The minimum Gasteiger partial charge on any atom is -0.370 e. The number of hydrogen-bond donors (Lipinski definition) is 1. The Kier molecular flexibility index (Phi) is 3.77. The number of aryl methyl sites for hydroxylation is 1. The molecular formula is C11H18N4S. The van der Waals surface area contributed by atoms with Crippen molar-refractivity contribution in [1.82, 2.24) is 9.88 Å². The van der Waals surface area contributed by atoms with E-state index in [1.165, 1.54) is 24.1 Å². The van der Waals surface area contributed by atoms with Gasteiger partial charge in [0.25, 0.3) is 0 Å². The molecule has 2 rings (SSSR count). The summed E-state index contributed by atoms with van der Waals surface area (Å²) in [7, 11) is 0. The summed E-state index contributed by atoms with van der Waals surface area (Å²) in [4.78, 5) is 12.0. The average molecular weight is 238 g/mol. The van der Waals surface area contributed by atoms with Gasteiger partial charge in [0.05, 0.1) is 17.7 Å². The fourth-order valence-corrected chi connectivity index (χ4v) is 2.55. The van der Waals surface area contributed by atoms with E-state index in [0.29, 0.717) is 12.5 Å². The van der Waals surface area contributed by atoms with Crippen molar-refractivity contribution in [2.24, 2.45) is 10.7 Å². The maximum atomic E-state index is 5.98. The highest BCUT2D eigenvalue weighted by Crippen LogP contribution is 2.14. The maximum absolute atomic E-state index is 5.98. The Balaban J connectivity index is 1.93. The fraction of sp³-hybridized carbons (Fsp3) is 0.636. The zero-order valence-corrected chi connectivity index (χ0v) is 10.5. The first kappa shape index (κ1) is 11.4. The first-order valence-electron chi connectivity index (χ1n) is 5.71. The molecule has 5 heteroatoms. The first-order valence-corrected chi connectivity index (χ1v) is 6.59. The second-order valence-electron chi connectivity index (χ2n) is 4.08. The smallest absolute Gasteiger partial charge is 0.191 e. The van der Waals surface area contributed by atoms with E-state index < -0.39 is 0 Å². The number of nitrogens with zero attached hydrogens (tertiary/aromatic N) is 3. The Morgan fingerprint density at radius 2 is 2.25 bits per heavy atom. The summed E-state index contributed by atoms with van der Waals surface area (Å²) in [5.41, 5.74) is 8.90. The molecule has 0 aliphatic carbocycles. The predicted octanol–water partition coefficient (Wildman–Crippen LogP) is 1.75. The van der Waals surface area contributed by atoms with E-state index in [1.54, 1.807) is 11.3 Å². The molecule has 88 valence electrons. The average Bonchev–Trinajstić information content (AvgIpc) is 2.73. The van der Waals surface area contributed by atoms with Crippen molar-refractivity contribution in [3.05, 3.63) is 16.1 Å². The molecule has 16 heavy (non-hydrogen) atoms. The number of rotatable bonds is 2. The normalized spacial score (nSPS) is 17.8. The summed E-state index contributed by atoms with van der Waals surface area (Å²) in [5, 5.41) is 0. The van der Waals surface area contributed by atoms with Crippen LogP contribution in [0.25, 0.3) is 0 Å². The number of nitrogens with two attached hydrogens (primary N) is 1. The molecule has 2 N–H and O–H groups in total. The van der Waals surface area contributed by atoms with Crippen molar-refractivity contribution < 1.29 is 0 Å². The molecule has 1 aromatic rings. The molecule has 0 atom stereocenters. The van der Waals surface area contributed by atoms with Gasteiger partial charge in [-0.05, 0) is 26.2 Å². The number of guanidine groups is 1. The van der Waals surface area contributed by atoms with Crippen molar-refractivity contribution >= 4 is 17.3 Å². The third-order valence-corrected chi connectivity index (χ3v) is 3.83. The lowest BCUT2D eigenvalue weighted by Gasteiger charge is -2.27. The highest BCUT2D eigenvalue weighted by molar-refractivity contribution is 7.09. The van der Waals surface area contributed by atoms with Crippen LogP contribution in [0.5, 0.6) is 0 Å². The van der Waals surface area contributed by atoms with E-state index >= 15 is 0 Å². The second-order valence-corrected chi connectivity index (χ2v) is 5.02. The van der Waals surface area contributed by atoms with Gasteiger partial charge in [-0.2, -0.15) is 0 Å². The topological polar surface area (TPSA) is 54.5 Å². The number of aromatic nitrogens is 1. The van der Waals surface area contributed by atoms with Gasteiger partial charge < -0.3 is 10.6 Å². The molecule has 1 aromatic heterocycles. The number of thiazole rings is 1. The SMILES string of the molecule is Cc1ncsc1CN=C(N)N1CCCCC1. The fourth-order valence-electron chi connectivity index (χ4n) is 1.85. The molecule has 0 saturated carbocycles. The van der Waals surface area contributed by atoms with E-state index in [1.807, 2.05) is 12.4 Å². The van der Waals surface area contributed by atoms with Gasteiger partial charge in [-0.25, -0.2) is 9.98 Å². The third-order valence-electron chi connectivity index (χ3n) is 2.91. The van der Waals surface area contributed by atoms with Crippen molar-refractivity contribution in [2.75, 3.05) is 13.1 Å². The summed E-state index contributed by atoms with van der Waals surface area (Å²) >= 11 is 1.65. The molecule has 1 aliphatic heterocycles. The maximum Gasteiger partial charge on any atom is 0.191 e. The third kappa shape index (κ3) is 2.72. The number of piperidine rings is 1. The van der Waals surface area contributed by atoms with Gasteiger partial charge in [-0.1, -0.05) is 0 Å². The molecule has 0 unspecified atom stereocenters. The van der Waals surface area contributed by atoms with Crippen LogP contribution in [0.15, 0.2) is 10.5 Å². The van der Waals surface area contributed by atoms with Crippen molar-refractivity contribution in [3.8, 4) is 0 Å². The van der Waals surface area contributed by atoms with Crippen LogP contribution in [-0.2, 0) is 6.54 Å². The molecule has 0 spiro atoms. The van der Waals surface area contributed by atoms with Crippen LogP contribution in [-0.4, -0.2) is 28.9 Å². The zero-order chi connectivity index (χ0) is 11.4. The molecule has 0 aromatic carbocycles. The highest BCUT2D eigenvalue weighted by atomic mass is 32.1. The van der Waals surface area contributed by atoms with Gasteiger partial charge in [0.2, 0.25) is 0 Å². The Hall–Kier alpha value is -1.10. The zero-order valence-electron chi connectivity index (χ0n) is 9.65. The van der Waals surface area contributed by atoms with Crippen LogP contribution in [0.3, 0.4) is 0 Å². The predicted molar refractivity (Wildman–Crippen MR) is 67.6 cm³/mol.